The zero-order valence-corrected chi connectivity index (χ0v) is 24.2. The standard InChI is InChI=1S/C29H43N3O4S/c1-8-23(5)30-29(34)26(9-2)31(20-25-17-15-21(3)16-18-25)28(33)14-11-19-32(37(7,35)36)27-13-10-12-22(4)24(27)6/h10,12-13,15-18,23,26H,8-9,11,14,19-20H2,1-7H3,(H,30,34)/t23-,26+/m1/s1. The Labute approximate surface area is 223 Å². The monoisotopic (exact) mass is 529 g/mol. The van der Waals surface area contributed by atoms with E-state index in [-0.39, 0.29) is 30.8 Å². The molecule has 0 aliphatic carbocycles. The van der Waals surface area contributed by atoms with Crippen LogP contribution in [0.1, 0.15) is 68.7 Å². The lowest BCUT2D eigenvalue weighted by atomic mass is 10.1. The smallest absolute Gasteiger partial charge is 0.243 e. The lowest BCUT2D eigenvalue weighted by Gasteiger charge is -2.32. The van der Waals surface area contributed by atoms with Crippen molar-refractivity contribution in [3.05, 3.63) is 64.7 Å². The fourth-order valence-electron chi connectivity index (χ4n) is 4.24. The number of carbonyl (C=O) groups is 2. The van der Waals surface area contributed by atoms with Gasteiger partial charge in [-0.1, -0.05) is 55.8 Å². The van der Waals surface area contributed by atoms with E-state index in [9.17, 15) is 18.0 Å². The Morgan fingerprint density at radius 3 is 2.19 bits per heavy atom. The predicted molar refractivity (Wildman–Crippen MR) is 151 cm³/mol. The van der Waals surface area contributed by atoms with Crippen LogP contribution in [0.4, 0.5) is 5.69 Å². The maximum absolute atomic E-state index is 13.5. The molecule has 2 amide bonds. The number of sulfonamides is 1. The summed E-state index contributed by atoms with van der Waals surface area (Å²) < 4.78 is 26.6. The molecule has 0 unspecified atom stereocenters. The van der Waals surface area contributed by atoms with E-state index in [0.29, 0.717) is 25.1 Å². The van der Waals surface area contributed by atoms with Gasteiger partial charge >= 0.3 is 0 Å². The minimum atomic E-state index is -3.53. The molecule has 2 aromatic rings. The highest BCUT2D eigenvalue weighted by Crippen LogP contribution is 2.25. The second-order valence-corrected chi connectivity index (χ2v) is 11.8. The van der Waals surface area contributed by atoms with Crippen molar-refractivity contribution in [2.45, 2.75) is 85.9 Å². The molecule has 0 aromatic heterocycles. The summed E-state index contributed by atoms with van der Waals surface area (Å²) in [5.41, 5.74) is 4.60. The zero-order valence-electron chi connectivity index (χ0n) is 23.4. The van der Waals surface area contributed by atoms with Crippen molar-refractivity contribution in [2.75, 3.05) is 17.1 Å². The van der Waals surface area contributed by atoms with Crippen LogP contribution in [0.2, 0.25) is 0 Å². The number of rotatable bonds is 13. The summed E-state index contributed by atoms with van der Waals surface area (Å²) in [6.07, 6.45) is 2.95. The quantitative estimate of drug-likeness (QED) is 0.401. The van der Waals surface area contributed by atoms with E-state index >= 15 is 0 Å². The lowest BCUT2D eigenvalue weighted by Crippen LogP contribution is -2.50. The fraction of sp³-hybridized carbons (Fsp3) is 0.517. The first-order valence-electron chi connectivity index (χ1n) is 13.1. The zero-order chi connectivity index (χ0) is 27.8. The molecule has 7 nitrogen and oxygen atoms in total. The molecular formula is C29H43N3O4S. The molecule has 0 radical (unpaired) electrons. The SMILES string of the molecule is CC[C@@H](C)NC(=O)[C@H](CC)N(Cc1ccc(C)cc1)C(=O)CCCN(c1cccc(C)c1C)S(C)(=O)=O. The number of benzene rings is 2. The van der Waals surface area contributed by atoms with Gasteiger partial charge in [-0.05, 0) is 69.7 Å². The molecule has 0 fully saturated rings. The fourth-order valence-corrected chi connectivity index (χ4v) is 5.25. The van der Waals surface area contributed by atoms with Crippen molar-refractivity contribution in [1.82, 2.24) is 10.2 Å². The molecule has 2 atom stereocenters. The van der Waals surface area contributed by atoms with Gasteiger partial charge < -0.3 is 10.2 Å². The van der Waals surface area contributed by atoms with Gasteiger partial charge in [0.1, 0.15) is 6.04 Å². The molecule has 1 N–H and O–H groups in total. The number of nitrogens with one attached hydrogen (secondary N) is 1. The number of anilines is 1. The second-order valence-electron chi connectivity index (χ2n) is 9.91. The molecule has 2 rings (SSSR count). The number of carbonyl (C=O) groups excluding carboxylic acids is 2. The first kappa shape index (κ1) is 30.4. The molecule has 37 heavy (non-hydrogen) atoms. The molecule has 0 aliphatic rings. The van der Waals surface area contributed by atoms with Gasteiger partial charge in [-0.2, -0.15) is 0 Å². The number of hydrogen-bond acceptors (Lipinski definition) is 4. The minimum absolute atomic E-state index is 0.0127. The van der Waals surface area contributed by atoms with Gasteiger partial charge in [0.2, 0.25) is 21.8 Å². The number of hydrogen-bond donors (Lipinski definition) is 1. The van der Waals surface area contributed by atoms with Crippen LogP contribution in [0, 0.1) is 20.8 Å². The van der Waals surface area contributed by atoms with E-state index in [1.54, 1.807) is 11.0 Å². The van der Waals surface area contributed by atoms with Crippen molar-refractivity contribution in [2.24, 2.45) is 0 Å². The summed E-state index contributed by atoms with van der Waals surface area (Å²) in [4.78, 5) is 28.3. The molecule has 0 aliphatic heterocycles. The Balaban J connectivity index is 2.25. The first-order valence-corrected chi connectivity index (χ1v) is 14.9. The molecule has 0 saturated heterocycles. The average Bonchev–Trinajstić information content (AvgIpc) is 2.84. The van der Waals surface area contributed by atoms with Gasteiger partial charge in [-0.3, -0.25) is 13.9 Å². The Kier molecular flexibility index (Phi) is 11.2. The third-order valence-electron chi connectivity index (χ3n) is 6.86. The summed E-state index contributed by atoms with van der Waals surface area (Å²) in [6.45, 7) is 12.2. The van der Waals surface area contributed by atoms with Crippen LogP contribution in [-0.4, -0.2) is 50.0 Å². The van der Waals surface area contributed by atoms with Crippen molar-refractivity contribution in [3.63, 3.8) is 0 Å². The van der Waals surface area contributed by atoms with Gasteiger partial charge in [0.05, 0.1) is 11.9 Å². The molecule has 0 bridgehead atoms. The molecule has 0 spiro atoms. The summed E-state index contributed by atoms with van der Waals surface area (Å²) >= 11 is 0. The van der Waals surface area contributed by atoms with Crippen molar-refractivity contribution >= 4 is 27.5 Å². The van der Waals surface area contributed by atoms with Gasteiger partial charge in [0, 0.05) is 25.6 Å². The van der Waals surface area contributed by atoms with E-state index in [1.807, 2.05) is 77.9 Å². The maximum atomic E-state index is 13.5. The molecular weight excluding hydrogens is 486 g/mol. The van der Waals surface area contributed by atoms with Crippen LogP contribution >= 0.6 is 0 Å². The van der Waals surface area contributed by atoms with Crippen molar-refractivity contribution < 1.29 is 18.0 Å². The second kappa shape index (κ2) is 13.6. The summed E-state index contributed by atoms with van der Waals surface area (Å²) in [5.74, 6) is -0.327. The van der Waals surface area contributed by atoms with Crippen LogP contribution in [0.5, 0.6) is 0 Å². The van der Waals surface area contributed by atoms with Crippen molar-refractivity contribution in [1.29, 1.82) is 0 Å². The molecule has 0 heterocycles. The third kappa shape index (κ3) is 8.59. The normalized spacial score (nSPS) is 13.1. The maximum Gasteiger partial charge on any atom is 0.243 e. The molecule has 204 valence electrons. The summed E-state index contributed by atoms with van der Waals surface area (Å²) in [6, 6.07) is 12.9. The van der Waals surface area contributed by atoms with Gasteiger partial charge in [0.15, 0.2) is 0 Å². The Morgan fingerprint density at radius 1 is 0.973 bits per heavy atom. The topological polar surface area (TPSA) is 86.8 Å². The highest BCUT2D eigenvalue weighted by atomic mass is 32.2. The van der Waals surface area contributed by atoms with E-state index in [4.69, 9.17) is 0 Å². The number of nitrogens with zero attached hydrogens (tertiary/aromatic N) is 2. The Bertz CT molecular complexity index is 1160. The summed E-state index contributed by atoms with van der Waals surface area (Å²) in [7, 11) is -3.53. The summed E-state index contributed by atoms with van der Waals surface area (Å²) in [5, 5.41) is 3.02. The van der Waals surface area contributed by atoms with Crippen LogP contribution in [0.3, 0.4) is 0 Å². The van der Waals surface area contributed by atoms with Gasteiger partial charge in [-0.15, -0.1) is 0 Å². The highest BCUT2D eigenvalue weighted by molar-refractivity contribution is 7.92. The Morgan fingerprint density at radius 2 is 1.62 bits per heavy atom. The minimum Gasteiger partial charge on any atom is -0.352 e. The molecule has 8 heteroatoms. The average molecular weight is 530 g/mol. The predicted octanol–water partition coefficient (Wildman–Crippen LogP) is 4.88. The molecule has 0 saturated carbocycles. The molecule has 2 aromatic carbocycles. The van der Waals surface area contributed by atoms with Crippen LogP contribution in [-0.2, 0) is 26.2 Å². The lowest BCUT2D eigenvalue weighted by molar-refractivity contribution is -0.141. The third-order valence-corrected chi connectivity index (χ3v) is 8.04. The van der Waals surface area contributed by atoms with Crippen LogP contribution in [0.15, 0.2) is 42.5 Å². The van der Waals surface area contributed by atoms with E-state index in [2.05, 4.69) is 5.32 Å². The Hall–Kier alpha value is -2.87. The van der Waals surface area contributed by atoms with Gasteiger partial charge in [-0.25, -0.2) is 8.42 Å². The van der Waals surface area contributed by atoms with Crippen LogP contribution in [0.25, 0.3) is 0 Å². The van der Waals surface area contributed by atoms with Crippen LogP contribution < -0.4 is 9.62 Å². The van der Waals surface area contributed by atoms with E-state index in [0.717, 1.165) is 28.7 Å². The number of aryl methyl sites for hydroxylation is 2. The highest BCUT2D eigenvalue weighted by Gasteiger charge is 2.29. The van der Waals surface area contributed by atoms with E-state index < -0.39 is 16.1 Å². The number of amides is 2. The van der Waals surface area contributed by atoms with Crippen molar-refractivity contribution in [3.8, 4) is 0 Å². The largest absolute Gasteiger partial charge is 0.352 e. The first-order chi connectivity index (χ1) is 17.4. The van der Waals surface area contributed by atoms with Gasteiger partial charge in [0.25, 0.3) is 0 Å². The van der Waals surface area contributed by atoms with E-state index in [1.165, 1.54) is 10.6 Å².